The van der Waals surface area contributed by atoms with E-state index in [1.54, 1.807) is 0 Å². The highest BCUT2D eigenvalue weighted by Crippen LogP contribution is 2.11. The SMILES string of the molecule is CCCN(CCC)CCCC(=O)Nc1cccc(CN)c1. The number of carbonyl (C=O) groups is 1. The van der Waals surface area contributed by atoms with Gasteiger partial charge in [-0.25, -0.2) is 0 Å². The summed E-state index contributed by atoms with van der Waals surface area (Å²) in [5, 5.41) is 2.94. The van der Waals surface area contributed by atoms with Gasteiger partial charge in [0.1, 0.15) is 0 Å². The standard InChI is InChI=1S/C17H29N3O/c1-3-10-20(11-4-2)12-6-9-17(21)19-16-8-5-7-15(13-16)14-18/h5,7-8,13H,3-4,6,9-12,14,18H2,1-2H3,(H,19,21). The Kier molecular flexibility index (Phi) is 8.71. The third-order valence-electron chi connectivity index (χ3n) is 3.40. The van der Waals surface area contributed by atoms with E-state index in [0.717, 1.165) is 50.1 Å². The van der Waals surface area contributed by atoms with Crippen molar-refractivity contribution in [2.75, 3.05) is 25.0 Å². The van der Waals surface area contributed by atoms with Crippen molar-refractivity contribution in [2.45, 2.75) is 46.1 Å². The first-order chi connectivity index (χ1) is 10.2. The molecule has 0 aliphatic rings. The first-order valence-electron chi connectivity index (χ1n) is 8.00. The molecule has 1 aromatic carbocycles. The monoisotopic (exact) mass is 291 g/mol. The summed E-state index contributed by atoms with van der Waals surface area (Å²) < 4.78 is 0. The molecule has 1 amide bonds. The van der Waals surface area contributed by atoms with E-state index in [1.165, 1.54) is 0 Å². The molecule has 0 radical (unpaired) electrons. The molecule has 21 heavy (non-hydrogen) atoms. The van der Waals surface area contributed by atoms with Gasteiger partial charge >= 0.3 is 0 Å². The van der Waals surface area contributed by atoms with Crippen LogP contribution < -0.4 is 11.1 Å². The largest absolute Gasteiger partial charge is 0.326 e. The summed E-state index contributed by atoms with van der Waals surface area (Å²) in [6, 6.07) is 7.71. The van der Waals surface area contributed by atoms with Crippen LogP contribution >= 0.6 is 0 Å². The van der Waals surface area contributed by atoms with Gasteiger partial charge in [-0.1, -0.05) is 26.0 Å². The normalized spacial score (nSPS) is 10.9. The van der Waals surface area contributed by atoms with Gasteiger partial charge in [0, 0.05) is 18.7 Å². The maximum atomic E-state index is 11.9. The summed E-state index contributed by atoms with van der Waals surface area (Å²) in [7, 11) is 0. The molecule has 0 aromatic heterocycles. The molecule has 0 spiro atoms. The molecule has 1 rings (SSSR count). The van der Waals surface area contributed by atoms with Crippen molar-refractivity contribution in [3.8, 4) is 0 Å². The number of benzene rings is 1. The van der Waals surface area contributed by atoms with Gasteiger partial charge in [0.25, 0.3) is 0 Å². The number of hydrogen-bond acceptors (Lipinski definition) is 3. The molecular weight excluding hydrogens is 262 g/mol. The molecule has 0 saturated carbocycles. The number of nitrogens with zero attached hydrogens (tertiary/aromatic N) is 1. The van der Waals surface area contributed by atoms with E-state index in [0.29, 0.717) is 13.0 Å². The van der Waals surface area contributed by atoms with Crippen molar-refractivity contribution in [1.82, 2.24) is 4.90 Å². The third-order valence-corrected chi connectivity index (χ3v) is 3.40. The second-order valence-corrected chi connectivity index (χ2v) is 5.40. The molecule has 3 N–H and O–H groups in total. The summed E-state index contributed by atoms with van der Waals surface area (Å²) in [4.78, 5) is 14.4. The lowest BCUT2D eigenvalue weighted by Gasteiger charge is -2.20. The third kappa shape index (κ3) is 7.25. The predicted octanol–water partition coefficient (Wildman–Crippen LogP) is 2.99. The summed E-state index contributed by atoms with van der Waals surface area (Å²) in [5.74, 6) is 0.0807. The van der Waals surface area contributed by atoms with Crippen LogP contribution in [0.25, 0.3) is 0 Å². The molecular formula is C17H29N3O. The molecule has 0 bridgehead atoms. The van der Waals surface area contributed by atoms with Gasteiger partial charge < -0.3 is 16.0 Å². The molecule has 0 atom stereocenters. The highest BCUT2D eigenvalue weighted by molar-refractivity contribution is 5.90. The molecule has 0 aliphatic heterocycles. The van der Waals surface area contributed by atoms with Crippen LogP contribution in [-0.2, 0) is 11.3 Å². The molecule has 0 aliphatic carbocycles. The van der Waals surface area contributed by atoms with Crippen LogP contribution in [0, 0.1) is 0 Å². The Labute approximate surface area is 128 Å². The number of hydrogen-bond donors (Lipinski definition) is 2. The van der Waals surface area contributed by atoms with Gasteiger partial charge in [0.15, 0.2) is 0 Å². The summed E-state index contributed by atoms with van der Waals surface area (Å²) in [6.45, 7) is 8.12. The van der Waals surface area contributed by atoms with E-state index < -0.39 is 0 Å². The molecule has 0 saturated heterocycles. The topological polar surface area (TPSA) is 58.4 Å². The lowest BCUT2D eigenvalue weighted by Crippen LogP contribution is -2.27. The van der Waals surface area contributed by atoms with Crippen LogP contribution in [0.4, 0.5) is 5.69 Å². The average molecular weight is 291 g/mol. The Morgan fingerprint density at radius 2 is 1.90 bits per heavy atom. The summed E-state index contributed by atoms with van der Waals surface area (Å²) >= 11 is 0. The van der Waals surface area contributed by atoms with Gasteiger partial charge in [0.2, 0.25) is 5.91 Å². The number of amides is 1. The van der Waals surface area contributed by atoms with Crippen molar-refractivity contribution >= 4 is 11.6 Å². The zero-order valence-electron chi connectivity index (χ0n) is 13.4. The van der Waals surface area contributed by atoms with Gasteiger partial charge in [-0.15, -0.1) is 0 Å². The zero-order valence-corrected chi connectivity index (χ0v) is 13.4. The average Bonchev–Trinajstić information content (AvgIpc) is 2.48. The molecule has 4 heteroatoms. The molecule has 0 fully saturated rings. The summed E-state index contributed by atoms with van der Waals surface area (Å²) in [5.41, 5.74) is 7.47. The number of carbonyl (C=O) groups excluding carboxylic acids is 1. The van der Waals surface area contributed by atoms with Crippen LogP contribution in [0.1, 0.15) is 45.1 Å². The van der Waals surface area contributed by atoms with E-state index in [-0.39, 0.29) is 5.91 Å². The van der Waals surface area contributed by atoms with Crippen molar-refractivity contribution in [2.24, 2.45) is 5.73 Å². The van der Waals surface area contributed by atoms with Crippen molar-refractivity contribution in [1.29, 1.82) is 0 Å². The molecule has 4 nitrogen and oxygen atoms in total. The molecule has 0 heterocycles. The highest BCUT2D eigenvalue weighted by atomic mass is 16.1. The van der Waals surface area contributed by atoms with Crippen LogP contribution in [0.5, 0.6) is 0 Å². The lowest BCUT2D eigenvalue weighted by atomic mass is 10.2. The molecule has 1 aromatic rings. The first kappa shape index (κ1) is 17.7. The van der Waals surface area contributed by atoms with Crippen molar-refractivity contribution < 1.29 is 4.79 Å². The molecule has 118 valence electrons. The Morgan fingerprint density at radius 1 is 1.19 bits per heavy atom. The van der Waals surface area contributed by atoms with E-state index in [1.807, 2.05) is 24.3 Å². The van der Waals surface area contributed by atoms with Crippen LogP contribution in [0.2, 0.25) is 0 Å². The van der Waals surface area contributed by atoms with Crippen molar-refractivity contribution in [3.63, 3.8) is 0 Å². The highest BCUT2D eigenvalue weighted by Gasteiger charge is 2.06. The fourth-order valence-corrected chi connectivity index (χ4v) is 2.43. The van der Waals surface area contributed by atoms with Gasteiger partial charge in [-0.3, -0.25) is 4.79 Å². The Hall–Kier alpha value is -1.39. The minimum Gasteiger partial charge on any atom is -0.326 e. The Morgan fingerprint density at radius 3 is 2.52 bits per heavy atom. The van der Waals surface area contributed by atoms with Gasteiger partial charge in [-0.05, 0) is 56.6 Å². The maximum absolute atomic E-state index is 11.9. The fourth-order valence-electron chi connectivity index (χ4n) is 2.43. The Balaban J connectivity index is 2.32. The van der Waals surface area contributed by atoms with E-state index in [4.69, 9.17) is 5.73 Å². The maximum Gasteiger partial charge on any atom is 0.224 e. The predicted molar refractivity (Wildman–Crippen MR) is 89.2 cm³/mol. The molecule has 0 unspecified atom stereocenters. The smallest absolute Gasteiger partial charge is 0.224 e. The summed E-state index contributed by atoms with van der Waals surface area (Å²) in [6.07, 6.45) is 3.80. The van der Waals surface area contributed by atoms with Crippen LogP contribution in [0.15, 0.2) is 24.3 Å². The number of rotatable bonds is 10. The van der Waals surface area contributed by atoms with E-state index in [9.17, 15) is 4.79 Å². The second kappa shape index (κ2) is 10.4. The van der Waals surface area contributed by atoms with Gasteiger partial charge in [-0.2, -0.15) is 0 Å². The van der Waals surface area contributed by atoms with E-state index in [2.05, 4.69) is 24.1 Å². The van der Waals surface area contributed by atoms with Crippen LogP contribution in [0.3, 0.4) is 0 Å². The quantitative estimate of drug-likeness (QED) is 0.697. The zero-order chi connectivity index (χ0) is 15.5. The number of anilines is 1. The number of nitrogens with two attached hydrogens (primary N) is 1. The van der Waals surface area contributed by atoms with Crippen molar-refractivity contribution in [3.05, 3.63) is 29.8 Å². The van der Waals surface area contributed by atoms with E-state index >= 15 is 0 Å². The Bertz CT molecular complexity index is 414. The van der Waals surface area contributed by atoms with Crippen LogP contribution in [-0.4, -0.2) is 30.4 Å². The number of nitrogens with one attached hydrogen (secondary N) is 1. The first-order valence-corrected chi connectivity index (χ1v) is 8.00. The lowest BCUT2D eigenvalue weighted by molar-refractivity contribution is -0.116. The minimum atomic E-state index is 0.0807. The van der Waals surface area contributed by atoms with Gasteiger partial charge in [0.05, 0.1) is 0 Å². The fraction of sp³-hybridized carbons (Fsp3) is 0.588. The minimum absolute atomic E-state index is 0.0807. The second-order valence-electron chi connectivity index (χ2n) is 5.40.